The number of ether oxygens (including phenoxy) is 8. The molecule has 0 aliphatic carbocycles. The lowest BCUT2D eigenvalue weighted by Crippen LogP contribution is -2.42. The number of ketones is 1. The summed E-state index contributed by atoms with van der Waals surface area (Å²) in [6.45, 7) is 6.42. The third-order valence-corrected chi connectivity index (χ3v) is 10.8. The summed E-state index contributed by atoms with van der Waals surface area (Å²) < 4.78 is 46.8. The van der Waals surface area contributed by atoms with Crippen LogP contribution < -0.4 is 38.1 Å². The topological polar surface area (TPSA) is 323 Å². The first kappa shape index (κ1) is 76.2. The van der Waals surface area contributed by atoms with Gasteiger partial charge in [0.25, 0.3) is 0 Å². The van der Waals surface area contributed by atoms with Crippen molar-refractivity contribution in [3.63, 3.8) is 0 Å². The van der Waals surface area contributed by atoms with E-state index in [0.29, 0.717) is 85.0 Å². The van der Waals surface area contributed by atoms with E-state index in [1.165, 1.54) is 7.05 Å². The zero-order valence-electron chi connectivity index (χ0n) is 44.5. The van der Waals surface area contributed by atoms with Gasteiger partial charge in [0.1, 0.15) is 5.78 Å². The van der Waals surface area contributed by atoms with E-state index < -0.39 is 22.6 Å². The molecule has 0 fully saturated rings. The Kier molecular flexibility index (Phi) is 53.6. The Balaban J connectivity index is -0.000000668. The highest BCUT2D eigenvalue weighted by atomic mass is 16.5. The van der Waals surface area contributed by atoms with Crippen molar-refractivity contribution in [3.8, 4) is 0 Å². The Bertz CT molecular complexity index is 1310. The van der Waals surface area contributed by atoms with Gasteiger partial charge in [-0.1, -0.05) is 21.8 Å². The Morgan fingerprint density at radius 3 is 0.770 bits per heavy atom. The average molecular weight is 1070 g/mol. The Labute approximate surface area is 443 Å². The molecule has 0 spiro atoms. The van der Waals surface area contributed by atoms with Crippen LogP contribution in [0.1, 0.15) is 131 Å². The summed E-state index contributed by atoms with van der Waals surface area (Å²) in [6.07, 6.45) is 8.82. The van der Waals surface area contributed by atoms with E-state index in [1.807, 2.05) is 0 Å². The van der Waals surface area contributed by atoms with E-state index in [-0.39, 0.29) is 129 Å². The van der Waals surface area contributed by atoms with Crippen molar-refractivity contribution in [2.24, 2.45) is 22.3 Å². The third kappa shape index (κ3) is 47.4. The maximum atomic E-state index is 11.5. The maximum absolute atomic E-state index is 11.5. The molecule has 0 rings (SSSR count). The van der Waals surface area contributed by atoms with Crippen LogP contribution in [-0.4, -0.2) is 188 Å². The van der Waals surface area contributed by atoms with Gasteiger partial charge in [0.05, 0.1) is 90.1 Å². The van der Waals surface area contributed by atoms with E-state index in [2.05, 4.69) is 26.6 Å². The van der Waals surface area contributed by atoms with Crippen molar-refractivity contribution in [3.05, 3.63) is 0 Å². The Morgan fingerprint density at radius 1 is 0.324 bits per heavy atom. The lowest BCUT2D eigenvalue weighted by molar-refractivity contribution is -0.128. The minimum Gasteiger partial charge on any atom is -0.381 e. The summed E-state index contributed by atoms with van der Waals surface area (Å²) in [5.41, 5.74) is 8.95. The number of unbranched alkanes of at least 4 members (excludes halogenated alkanes) is 4. The van der Waals surface area contributed by atoms with Crippen molar-refractivity contribution in [2.75, 3.05) is 141 Å². The molecule has 9 N–H and O–H groups in total. The van der Waals surface area contributed by atoms with Crippen LogP contribution in [0.15, 0.2) is 0 Å². The second-order valence-corrected chi connectivity index (χ2v) is 17.4. The number of hydrogen-bond acceptors (Lipinski definition) is 16. The van der Waals surface area contributed by atoms with Crippen LogP contribution in [0.3, 0.4) is 0 Å². The van der Waals surface area contributed by atoms with Crippen molar-refractivity contribution < 1.29 is 76.3 Å². The lowest BCUT2D eigenvalue weighted by atomic mass is 9.92. The molecule has 23 nitrogen and oxygen atoms in total. The molecular formula is C51H101N7O16. The normalized spacial score (nSPS) is 10.9. The van der Waals surface area contributed by atoms with Crippen LogP contribution in [0.5, 0.6) is 0 Å². The quantitative estimate of drug-likeness (QED) is 0.0430. The van der Waals surface area contributed by atoms with Crippen LogP contribution in [-0.2, 0) is 76.3 Å². The molecule has 0 aliphatic rings. The van der Waals surface area contributed by atoms with Crippen molar-refractivity contribution in [1.82, 2.24) is 26.6 Å². The summed E-state index contributed by atoms with van der Waals surface area (Å²) in [5, 5.41) is 13.0. The van der Waals surface area contributed by atoms with E-state index in [9.17, 15) is 38.4 Å². The van der Waals surface area contributed by atoms with Gasteiger partial charge in [0, 0.05) is 119 Å². The number of nitrogens with two attached hydrogens (primary N) is 2. The van der Waals surface area contributed by atoms with Crippen molar-refractivity contribution in [2.45, 2.75) is 131 Å². The SMILES string of the molecule is C.C.CCC(=O)CCOCC(COCCC(N)=O)(COCCC(N)=O)COCCC(=O)NC.CNC(=O)CCCCOCC(COCCCCC(=O)NC)(COCCCCC(=O)NC)COCCCCC(=O)NC. The summed E-state index contributed by atoms with van der Waals surface area (Å²) in [5.74, 6) is -0.993. The molecular weight excluding hydrogens is 967 g/mol. The number of Topliss-reactive ketones (excluding diaryl/α,β-unsaturated/α-hetero) is 1. The molecule has 23 heteroatoms. The second-order valence-electron chi connectivity index (χ2n) is 17.4. The number of primary amides is 2. The smallest absolute Gasteiger partial charge is 0.222 e. The van der Waals surface area contributed by atoms with Gasteiger partial charge >= 0.3 is 0 Å². The van der Waals surface area contributed by atoms with Gasteiger partial charge < -0.3 is 75.9 Å². The molecule has 436 valence electrons. The number of rotatable bonds is 49. The van der Waals surface area contributed by atoms with Crippen LogP contribution in [0.2, 0.25) is 0 Å². The van der Waals surface area contributed by atoms with Crippen molar-refractivity contribution >= 4 is 47.1 Å². The van der Waals surface area contributed by atoms with E-state index in [0.717, 1.165) is 51.4 Å². The van der Waals surface area contributed by atoms with E-state index >= 15 is 0 Å². The molecule has 0 aromatic carbocycles. The fraction of sp³-hybridized carbons (Fsp3) is 0.843. The van der Waals surface area contributed by atoms with E-state index in [4.69, 9.17) is 49.4 Å². The average Bonchev–Trinajstić information content (AvgIpc) is 3.37. The highest BCUT2D eigenvalue weighted by molar-refractivity contribution is 5.78. The van der Waals surface area contributed by atoms with Crippen LogP contribution in [0.4, 0.5) is 0 Å². The third-order valence-electron chi connectivity index (χ3n) is 10.8. The monoisotopic (exact) mass is 1070 g/mol. The number of carbonyl (C=O) groups is 8. The van der Waals surface area contributed by atoms with Gasteiger partial charge in [-0.05, 0) is 51.4 Å². The molecule has 0 bridgehead atoms. The summed E-state index contributed by atoms with van der Waals surface area (Å²) >= 11 is 0. The van der Waals surface area contributed by atoms with Gasteiger partial charge in [-0.2, -0.15) is 0 Å². The first-order valence-corrected chi connectivity index (χ1v) is 25.3. The van der Waals surface area contributed by atoms with Gasteiger partial charge in [0.2, 0.25) is 41.4 Å². The minimum atomic E-state index is -0.784. The standard InChI is InChI=1S/C29H56N4O8.C20H37N3O8.2CH4/c1-30-25(34)13-5-9-17-38-21-29(22-39-18-10-6-14-26(35)31-2,23-40-19-11-7-15-27(36)32-3)24-41-20-12-8-16-28(37)33-4;1-3-16(24)4-8-28-12-20(13-29-9-5-17(21)25,14-30-10-6-18(22)26)15-31-11-7-19(27)23-2;;/h5-24H2,1-4H3,(H,30,34)(H,31,35)(H,32,36)(H,33,37);3-15H2,1-2H3,(H2,21,25)(H2,22,26)(H,23,27);2*1H4. The van der Waals surface area contributed by atoms with E-state index in [1.54, 1.807) is 35.1 Å². The summed E-state index contributed by atoms with van der Waals surface area (Å²) in [4.78, 5) is 90.7. The lowest BCUT2D eigenvalue weighted by Gasteiger charge is -2.33. The fourth-order valence-corrected chi connectivity index (χ4v) is 6.27. The first-order chi connectivity index (χ1) is 34.6. The van der Waals surface area contributed by atoms with Crippen LogP contribution in [0.25, 0.3) is 0 Å². The zero-order chi connectivity index (χ0) is 54.1. The molecule has 0 radical (unpaired) electrons. The Morgan fingerprint density at radius 2 is 0.541 bits per heavy atom. The van der Waals surface area contributed by atoms with Crippen LogP contribution in [0, 0.1) is 10.8 Å². The number of nitrogens with one attached hydrogen (secondary N) is 5. The number of hydrogen-bond donors (Lipinski definition) is 7. The predicted molar refractivity (Wildman–Crippen MR) is 283 cm³/mol. The fourth-order valence-electron chi connectivity index (χ4n) is 6.27. The molecule has 0 heterocycles. The molecule has 0 saturated carbocycles. The molecule has 0 saturated heterocycles. The summed E-state index contributed by atoms with van der Waals surface area (Å²) in [7, 11) is 8.05. The zero-order valence-corrected chi connectivity index (χ0v) is 44.5. The van der Waals surface area contributed by atoms with Crippen molar-refractivity contribution in [1.29, 1.82) is 0 Å². The molecule has 0 atom stereocenters. The molecule has 74 heavy (non-hydrogen) atoms. The first-order valence-electron chi connectivity index (χ1n) is 25.3. The van der Waals surface area contributed by atoms with Gasteiger partial charge in [-0.15, -0.1) is 0 Å². The summed E-state index contributed by atoms with van der Waals surface area (Å²) in [6, 6.07) is 0. The second kappa shape index (κ2) is 52.1. The molecule has 0 aromatic rings. The maximum Gasteiger partial charge on any atom is 0.222 e. The van der Waals surface area contributed by atoms with Gasteiger partial charge in [0.15, 0.2) is 0 Å². The van der Waals surface area contributed by atoms with Crippen LogP contribution >= 0.6 is 0 Å². The molecule has 0 unspecified atom stereocenters. The van der Waals surface area contributed by atoms with Gasteiger partial charge in [-0.3, -0.25) is 38.4 Å². The highest BCUT2D eigenvalue weighted by Crippen LogP contribution is 2.23. The largest absolute Gasteiger partial charge is 0.381 e. The Hall–Kier alpha value is -4.36. The highest BCUT2D eigenvalue weighted by Gasteiger charge is 2.34. The molecule has 0 aromatic heterocycles. The molecule has 7 amide bonds. The minimum absolute atomic E-state index is 0. The number of carbonyl (C=O) groups excluding carboxylic acids is 8. The molecule has 0 aliphatic heterocycles. The van der Waals surface area contributed by atoms with Gasteiger partial charge in [-0.25, -0.2) is 0 Å². The predicted octanol–water partition coefficient (Wildman–Crippen LogP) is 2.27. The number of amides is 7.